The third kappa shape index (κ3) is 4.76. The molecule has 3 aromatic rings. The highest BCUT2D eigenvalue weighted by Gasteiger charge is 2.21. The third-order valence-electron chi connectivity index (χ3n) is 6.18. The van der Waals surface area contributed by atoms with Gasteiger partial charge in [0.2, 0.25) is 0 Å². The van der Waals surface area contributed by atoms with Crippen molar-refractivity contribution in [3.05, 3.63) is 70.8 Å². The highest BCUT2D eigenvalue weighted by Crippen LogP contribution is 2.28. The van der Waals surface area contributed by atoms with Crippen LogP contribution in [0.1, 0.15) is 11.3 Å². The largest absolute Gasteiger partial charge is 0.372 e. The van der Waals surface area contributed by atoms with E-state index in [0.29, 0.717) is 22.8 Å². The topological polar surface area (TPSA) is 56.6 Å². The number of hydrogen-bond donors (Lipinski definition) is 1. The number of aliphatic imine (C=N–C) groups is 1. The van der Waals surface area contributed by atoms with E-state index in [0.717, 1.165) is 67.3 Å². The predicted molar refractivity (Wildman–Crippen MR) is 133 cm³/mol. The van der Waals surface area contributed by atoms with Crippen molar-refractivity contribution in [3.63, 3.8) is 0 Å². The summed E-state index contributed by atoms with van der Waals surface area (Å²) in [6.07, 6.45) is 3.87. The van der Waals surface area contributed by atoms with Crippen LogP contribution in [0, 0.1) is 5.82 Å². The molecule has 33 heavy (non-hydrogen) atoms. The van der Waals surface area contributed by atoms with Gasteiger partial charge in [-0.1, -0.05) is 17.7 Å². The summed E-state index contributed by atoms with van der Waals surface area (Å²) in [6, 6.07) is 10.5. The lowest BCUT2D eigenvalue weighted by Crippen LogP contribution is -2.46. The molecule has 0 aliphatic carbocycles. The van der Waals surface area contributed by atoms with Crippen molar-refractivity contribution in [3.8, 4) is 0 Å². The van der Waals surface area contributed by atoms with Crippen molar-refractivity contribution in [2.24, 2.45) is 4.99 Å². The van der Waals surface area contributed by atoms with Crippen LogP contribution >= 0.6 is 11.6 Å². The van der Waals surface area contributed by atoms with E-state index in [4.69, 9.17) is 16.6 Å². The summed E-state index contributed by atoms with van der Waals surface area (Å²) >= 11 is 6.11. The van der Waals surface area contributed by atoms with Gasteiger partial charge in [0.15, 0.2) is 0 Å². The second-order valence-electron chi connectivity index (χ2n) is 8.37. The first-order valence-corrected chi connectivity index (χ1v) is 11.6. The lowest BCUT2D eigenvalue weighted by molar-refractivity contribution is 0.246. The molecule has 0 spiro atoms. The van der Waals surface area contributed by atoms with E-state index < -0.39 is 0 Å². The second-order valence-corrected chi connectivity index (χ2v) is 8.81. The van der Waals surface area contributed by atoms with Gasteiger partial charge >= 0.3 is 0 Å². The Bertz CT molecular complexity index is 1230. The number of halogens is 2. The molecular weight excluding hydrogens is 439 g/mol. The summed E-state index contributed by atoms with van der Waals surface area (Å²) in [5.74, 6) is -0.346. The van der Waals surface area contributed by atoms with Crippen LogP contribution in [0.4, 0.5) is 10.1 Å². The maximum Gasteiger partial charge on any atom is 0.132 e. The predicted octanol–water partition coefficient (Wildman–Crippen LogP) is 3.65. The van der Waals surface area contributed by atoms with E-state index in [-0.39, 0.29) is 5.82 Å². The Morgan fingerprint density at radius 3 is 2.82 bits per heavy atom. The van der Waals surface area contributed by atoms with Crippen LogP contribution < -0.4 is 10.2 Å². The lowest BCUT2D eigenvalue weighted by atomic mass is 10.00. The summed E-state index contributed by atoms with van der Waals surface area (Å²) in [7, 11) is 2.08. The van der Waals surface area contributed by atoms with Crippen molar-refractivity contribution in [2.75, 3.05) is 57.8 Å². The number of likely N-dealkylation sites (N-methyl/N-ethyl adjacent to an activating group) is 1. The molecule has 0 amide bonds. The van der Waals surface area contributed by atoms with E-state index in [1.165, 1.54) is 6.07 Å². The normalized spacial score (nSPS) is 16.7. The fourth-order valence-electron chi connectivity index (χ4n) is 4.26. The number of pyridine rings is 2. The van der Waals surface area contributed by atoms with Gasteiger partial charge in [0, 0.05) is 62.5 Å². The van der Waals surface area contributed by atoms with Crippen LogP contribution in [0.25, 0.3) is 16.6 Å². The molecule has 1 fully saturated rings. The fraction of sp³-hybridized carbons (Fsp3) is 0.320. The SMILES string of the molecule is CN(CCN1CCNCC1)c1cnc2ccc(C3=CCN=C3c3cc(Cl)ccc3F)nc2c1. The number of allylic oxidation sites excluding steroid dienone is 1. The molecule has 1 N–H and O–H groups in total. The average Bonchev–Trinajstić information content (AvgIpc) is 3.33. The Labute approximate surface area is 197 Å². The molecule has 0 saturated carbocycles. The third-order valence-corrected chi connectivity index (χ3v) is 6.42. The number of piperazine rings is 1. The molecule has 2 aliphatic heterocycles. The molecule has 1 aromatic carbocycles. The standard InChI is InChI=1S/C25H26ClFN6/c1-32(12-13-33-10-8-28-9-11-33)18-15-24-23(30-16-18)5-4-22(31-24)19-6-7-29-25(19)20-14-17(26)2-3-21(20)27/h2-6,14-16,28H,7-13H2,1H3. The zero-order valence-corrected chi connectivity index (χ0v) is 19.3. The molecule has 0 unspecified atom stereocenters. The van der Waals surface area contributed by atoms with Gasteiger partial charge in [0.05, 0.1) is 40.9 Å². The second kappa shape index (κ2) is 9.55. The summed E-state index contributed by atoms with van der Waals surface area (Å²) in [4.78, 5) is 18.7. The number of benzene rings is 1. The van der Waals surface area contributed by atoms with Gasteiger partial charge in [0.25, 0.3) is 0 Å². The first kappa shape index (κ1) is 21.9. The van der Waals surface area contributed by atoms with E-state index in [1.54, 1.807) is 12.1 Å². The number of nitrogens with one attached hydrogen (secondary N) is 1. The van der Waals surface area contributed by atoms with Gasteiger partial charge in [-0.25, -0.2) is 9.37 Å². The minimum atomic E-state index is -0.346. The molecule has 2 aliphatic rings. The van der Waals surface area contributed by atoms with Gasteiger partial charge in [-0.15, -0.1) is 0 Å². The average molecular weight is 465 g/mol. The molecule has 0 radical (unpaired) electrons. The van der Waals surface area contributed by atoms with Crippen molar-refractivity contribution in [1.29, 1.82) is 0 Å². The molecule has 170 valence electrons. The highest BCUT2D eigenvalue weighted by atomic mass is 35.5. The summed E-state index contributed by atoms with van der Waals surface area (Å²) in [6.45, 7) is 6.69. The first-order valence-electron chi connectivity index (χ1n) is 11.2. The molecule has 1 saturated heterocycles. The number of aromatic nitrogens is 2. The van der Waals surface area contributed by atoms with Crippen molar-refractivity contribution >= 4 is 39.6 Å². The zero-order chi connectivity index (χ0) is 22.8. The maximum atomic E-state index is 14.5. The van der Waals surface area contributed by atoms with Gasteiger partial charge in [-0.2, -0.15) is 0 Å². The van der Waals surface area contributed by atoms with Gasteiger partial charge in [0.1, 0.15) is 5.82 Å². The number of rotatable bonds is 6. The number of fused-ring (bicyclic) bond motifs is 1. The number of hydrogen-bond acceptors (Lipinski definition) is 6. The van der Waals surface area contributed by atoms with E-state index in [1.807, 2.05) is 24.4 Å². The molecule has 8 heteroatoms. The van der Waals surface area contributed by atoms with E-state index in [2.05, 4.69) is 38.2 Å². The highest BCUT2D eigenvalue weighted by molar-refractivity contribution is 6.35. The lowest BCUT2D eigenvalue weighted by Gasteiger charge is -2.29. The number of nitrogens with zero attached hydrogens (tertiary/aromatic N) is 5. The van der Waals surface area contributed by atoms with Gasteiger partial charge < -0.3 is 10.2 Å². The van der Waals surface area contributed by atoms with Crippen LogP contribution in [-0.2, 0) is 0 Å². The fourth-order valence-corrected chi connectivity index (χ4v) is 4.43. The summed E-state index contributed by atoms with van der Waals surface area (Å²) < 4.78 is 14.5. The minimum absolute atomic E-state index is 0.346. The molecule has 0 atom stereocenters. The maximum absolute atomic E-state index is 14.5. The van der Waals surface area contributed by atoms with Crippen LogP contribution in [0.15, 0.2) is 53.7 Å². The molecule has 2 aromatic heterocycles. The van der Waals surface area contributed by atoms with Gasteiger partial charge in [-0.3, -0.25) is 14.9 Å². The first-order chi connectivity index (χ1) is 16.1. The van der Waals surface area contributed by atoms with Crippen molar-refractivity contribution in [2.45, 2.75) is 0 Å². The Balaban J connectivity index is 1.38. The van der Waals surface area contributed by atoms with Crippen LogP contribution in [0.5, 0.6) is 0 Å². The molecule has 6 nitrogen and oxygen atoms in total. The molecular formula is C25H26ClFN6. The Morgan fingerprint density at radius 1 is 1.12 bits per heavy atom. The zero-order valence-electron chi connectivity index (χ0n) is 18.6. The van der Waals surface area contributed by atoms with Crippen molar-refractivity contribution < 1.29 is 4.39 Å². The Kier molecular flexibility index (Phi) is 6.35. The Hall–Kier alpha value is -2.87. The molecule has 4 heterocycles. The minimum Gasteiger partial charge on any atom is -0.372 e. The summed E-state index contributed by atoms with van der Waals surface area (Å²) in [5.41, 5.74) is 5.20. The van der Waals surface area contributed by atoms with Crippen LogP contribution in [0.2, 0.25) is 5.02 Å². The monoisotopic (exact) mass is 464 g/mol. The Morgan fingerprint density at radius 2 is 1.97 bits per heavy atom. The number of anilines is 1. The quantitative estimate of drug-likeness (QED) is 0.603. The molecule has 0 bridgehead atoms. The smallest absolute Gasteiger partial charge is 0.132 e. The van der Waals surface area contributed by atoms with Crippen molar-refractivity contribution in [1.82, 2.24) is 20.2 Å². The van der Waals surface area contributed by atoms with E-state index >= 15 is 0 Å². The molecule has 5 rings (SSSR count). The van der Waals surface area contributed by atoms with Gasteiger partial charge in [-0.05, 0) is 36.4 Å². The van der Waals surface area contributed by atoms with Crippen LogP contribution in [0.3, 0.4) is 0 Å². The van der Waals surface area contributed by atoms with E-state index in [9.17, 15) is 4.39 Å². The summed E-state index contributed by atoms with van der Waals surface area (Å²) in [5, 5.41) is 3.86. The van der Waals surface area contributed by atoms with Crippen LogP contribution in [-0.4, -0.2) is 73.4 Å².